The molecule has 1 heteroatoms. The average Bonchev–Trinajstić information content (AvgIpc) is 3.15. The summed E-state index contributed by atoms with van der Waals surface area (Å²) in [5.74, 6) is 3.93. The lowest BCUT2D eigenvalue weighted by Gasteiger charge is -2.23. The van der Waals surface area contributed by atoms with Crippen molar-refractivity contribution in [2.45, 2.75) is 26.7 Å². The van der Waals surface area contributed by atoms with E-state index in [-0.39, 0.29) is 0 Å². The molecule has 0 radical (unpaired) electrons. The van der Waals surface area contributed by atoms with Crippen LogP contribution in [0.2, 0.25) is 0 Å². The van der Waals surface area contributed by atoms with Crippen molar-refractivity contribution in [2.75, 3.05) is 6.61 Å². The SMILES string of the molecule is C=C(Cc1ccc2c(c1)CCO2)C1(C)C2C(C)C21. The summed E-state index contributed by atoms with van der Waals surface area (Å²) in [6.45, 7) is 9.98. The molecule has 2 fully saturated rings. The third-order valence-electron chi connectivity index (χ3n) is 5.59. The molecule has 1 aromatic rings. The van der Waals surface area contributed by atoms with E-state index in [0.717, 1.165) is 43.0 Å². The van der Waals surface area contributed by atoms with Gasteiger partial charge in [-0.05, 0) is 46.8 Å². The van der Waals surface area contributed by atoms with Crippen LogP contribution < -0.4 is 4.74 Å². The van der Waals surface area contributed by atoms with Gasteiger partial charge in [0, 0.05) is 6.42 Å². The lowest BCUT2D eigenvalue weighted by atomic mass is 9.81. The monoisotopic (exact) mass is 240 g/mol. The molecule has 0 aromatic heterocycles. The molecular formula is C17H20O. The number of hydrogen-bond acceptors (Lipinski definition) is 1. The fourth-order valence-electron chi connectivity index (χ4n) is 4.27. The van der Waals surface area contributed by atoms with Crippen molar-refractivity contribution in [3.05, 3.63) is 41.5 Å². The Kier molecular flexibility index (Phi) is 1.89. The maximum absolute atomic E-state index is 5.55. The second-order valence-electron chi connectivity index (χ2n) is 6.51. The molecule has 4 rings (SSSR count). The molecule has 2 aliphatic carbocycles. The molecule has 0 bridgehead atoms. The predicted octanol–water partition coefficient (Wildman–Crippen LogP) is 3.62. The summed E-state index contributed by atoms with van der Waals surface area (Å²) < 4.78 is 5.55. The van der Waals surface area contributed by atoms with Crippen LogP contribution in [0, 0.1) is 23.2 Å². The normalized spacial score (nSPS) is 38.7. The van der Waals surface area contributed by atoms with Gasteiger partial charge in [-0.15, -0.1) is 0 Å². The number of allylic oxidation sites excluding steroid dienone is 1. The summed E-state index contributed by atoms with van der Waals surface area (Å²) in [4.78, 5) is 0. The third kappa shape index (κ3) is 1.23. The highest BCUT2D eigenvalue weighted by molar-refractivity contribution is 5.44. The molecule has 1 heterocycles. The zero-order valence-electron chi connectivity index (χ0n) is 11.2. The summed E-state index contributed by atoms with van der Waals surface area (Å²) in [6, 6.07) is 6.65. The van der Waals surface area contributed by atoms with E-state index in [9.17, 15) is 0 Å². The molecular weight excluding hydrogens is 220 g/mol. The fourth-order valence-corrected chi connectivity index (χ4v) is 4.27. The van der Waals surface area contributed by atoms with Gasteiger partial charge in [0.05, 0.1) is 6.61 Å². The van der Waals surface area contributed by atoms with E-state index >= 15 is 0 Å². The Morgan fingerprint density at radius 1 is 1.44 bits per heavy atom. The van der Waals surface area contributed by atoms with Gasteiger partial charge < -0.3 is 4.74 Å². The quantitative estimate of drug-likeness (QED) is 0.733. The largest absolute Gasteiger partial charge is 0.493 e. The van der Waals surface area contributed by atoms with Crippen LogP contribution in [0.4, 0.5) is 0 Å². The van der Waals surface area contributed by atoms with Crippen LogP contribution in [0.25, 0.3) is 0 Å². The van der Waals surface area contributed by atoms with Crippen molar-refractivity contribution in [2.24, 2.45) is 23.2 Å². The molecule has 94 valence electrons. The number of fused-ring (bicyclic) bond motifs is 2. The van der Waals surface area contributed by atoms with Crippen LogP contribution in [0.15, 0.2) is 30.4 Å². The molecule has 3 aliphatic rings. The Hall–Kier alpha value is -1.24. The first-order chi connectivity index (χ1) is 8.62. The highest BCUT2D eigenvalue weighted by atomic mass is 16.5. The smallest absolute Gasteiger partial charge is 0.122 e. The second-order valence-corrected chi connectivity index (χ2v) is 6.51. The first-order valence-electron chi connectivity index (χ1n) is 7.05. The van der Waals surface area contributed by atoms with Crippen molar-refractivity contribution in [3.63, 3.8) is 0 Å². The molecule has 0 N–H and O–H groups in total. The van der Waals surface area contributed by atoms with Crippen molar-refractivity contribution >= 4 is 0 Å². The zero-order valence-corrected chi connectivity index (χ0v) is 11.2. The Labute approximate surface area is 109 Å². The lowest BCUT2D eigenvalue weighted by Crippen LogP contribution is -2.15. The summed E-state index contributed by atoms with van der Waals surface area (Å²) in [5.41, 5.74) is 4.69. The molecule has 0 amide bonds. The topological polar surface area (TPSA) is 9.23 Å². The Morgan fingerprint density at radius 2 is 2.22 bits per heavy atom. The van der Waals surface area contributed by atoms with Gasteiger partial charge in [-0.25, -0.2) is 0 Å². The number of benzene rings is 1. The Morgan fingerprint density at radius 3 is 2.94 bits per heavy atom. The van der Waals surface area contributed by atoms with Gasteiger partial charge in [0.25, 0.3) is 0 Å². The van der Waals surface area contributed by atoms with E-state index in [4.69, 9.17) is 4.74 Å². The summed E-state index contributed by atoms with van der Waals surface area (Å²) in [6.07, 6.45) is 2.11. The van der Waals surface area contributed by atoms with E-state index < -0.39 is 0 Å². The highest BCUT2D eigenvalue weighted by Crippen LogP contribution is 2.83. The zero-order chi connectivity index (χ0) is 12.5. The fraction of sp³-hybridized carbons (Fsp3) is 0.529. The van der Waals surface area contributed by atoms with Gasteiger partial charge in [0.2, 0.25) is 0 Å². The minimum Gasteiger partial charge on any atom is -0.493 e. The van der Waals surface area contributed by atoms with Gasteiger partial charge in [-0.2, -0.15) is 0 Å². The molecule has 2 atom stereocenters. The van der Waals surface area contributed by atoms with Crippen molar-refractivity contribution < 1.29 is 4.74 Å². The maximum Gasteiger partial charge on any atom is 0.122 e. The van der Waals surface area contributed by atoms with Crippen LogP contribution in [0.3, 0.4) is 0 Å². The predicted molar refractivity (Wildman–Crippen MR) is 72.7 cm³/mol. The number of ether oxygens (including phenoxy) is 1. The van der Waals surface area contributed by atoms with Crippen LogP contribution in [0.5, 0.6) is 5.75 Å². The van der Waals surface area contributed by atoms with Gasteiger partial charge in [-0.1, -0.05) is 38.1 Å². The standard InChI is InChI=1S/C17H20O/c1-10(17(3)15-11(2)16(15)17)8-12-4-5-14-13(9-12)6-7-18-14/h4-5,9,11,15-16H,1,6-8H2,2-3H3. The van der Waals surface area contributed by atoms with Gasteiger partial charge in [-0.3, -0.25) is 0 Å². The van der Waals surface area contributed by atoms with Crippen LogP contribution in [-0.4, -0.2) is 6.61 Å². The summed E-state index contributed by atoms with van der Waals surface area (Å²) in [7, 11) is 0. The second kappa shape index (κ2) is 3.20. The van der Waals surface area contributed by atoms with E-state index in [1.165, 1.54) is 16.7 Å². The maximum atomic E-state index is 5.55. The van der Waals surface area contributed by atoms with E-state index in [1.54, 1.807) is 0 Å². The van der Waals surface area contributed by atoms with Crippen LogP contribution in [0.1, 0.15) is 25.0 Å². The highest BCUT2D eigenvalue weighted by Gasteiger charge is 2.79. The Balaban J connectivity index is 1.51. The average molecular weight is 240 g/mol. The van der Waals surface area contributed by atoms with Crippen molar-refractivity contribution in [1.29, 1.82) is 0 Å². The summed E-state index contributed by atoms with van der Waals surface area (Å²) >= 11 is 0. The van der Waals surface area contributed by atoms with Crippen LogP contribution >= 0.6 is 0 Å². The van der Waals surface area contributed by atoms with Crippen molar-refractivity contribution in [3.8, 4) is 5.75 Å². The van der Waals surface area contributed by atoms with E-state index in [0.29, 0.717) is 5.41 Å². The molecule has 2 saturated carbocycles. The first kappa shape index (κ1) is 10.7. The molecule has 2 unspecified atom stereocenters. The van der Waals surface area contributed by atoms with Gasteiger partial charge in [0.1, 0.15) is 5.75 Å². The Bertz CT molecular complexity index is 533. The van der Waals surface area contributed by atoms with Crippen molar-refractivity contribution in [1.82, 2.24) is 0 Å². The number of rotatable bonds is 3. The minimum atomic E-state index is 0.467. The van der Waals surface area contributed by atoms with E-state index in [1.807, 2.05) is 0 Å². The van der Waals surface area contributed by atoms with Gasteiger partial charge >= 0.3 is 0 Å². The first-order valence-corrected chi connectivity index (χ1v) is 7.05. The van der Waals surface area contributed by atoms with E-state index in [2.05, 4.69) is 38.6 Å². The minimum absolute atomic E-state index is 0.467. The molecule has 1 aromatic carbocycles. The number of hydrogen-bond donors (Lipinski definition) is 0. The molecule has 0 spiro atoms. The molecule has 18 heavy (non-hydrogen) atoms. The van der Waals surface area contributed by atoms with Crippen LogP contribution in [-0.2, 0) is 12.8 Å². The molecule has 0 saturated heterocycles. The molecule has 1 aliphatic heterocycles. The lowest BCUT2D eigenvalue weighted by molar-refractivity contribution is 0.357. The van der Waals surface area contributed by atoms with Gasteiger partial charge in [0.15, 0.2) is 0 Å². The summed E-state index contributed by atoms with van der Waals surface area (Å²) in [5, 5.41) is 0. The third-order valence-corrected chi connectivity index (χ3v) is 5.59. The molecule has 1 nitrogen and oxygen atoms in total.